The number of fused-ring (bicyclic) bond motifs is 2. The van der Waals surface area contributed by atoms with Gasteiger partial charge in [0.25, 0.3) is 0 Å². The van der Waals surface area contributed by atoms with Crippen molar-refractivity contribution in [2.45, 2.75) is 38.1 Å². The highest BCUT2D eigenvalue weighted by molar-refractivity contribution is 5.82. The molecule has 156 valence electrons. The maximum absolute atomic E-state index is 13.2. The first kappa shape index (κ1) is 19.0. The largest absolute Gasteiger partial charge is 0.353 e. The third kappa shape index (κ3) is 3.40. The van der Waals surface area contributed by atoms with Crippen molar-refractivity contribution in [2.24, 2.45) is 5.92 Å². The molecule has 0 radical (unpaired) electrons. The maximum atomic E-state index is 13.2. The zero-order valence-electron chi connectivity index (χ0n) is 17.0. The van der Waals surface area contributed by atoms with Crippen LogP contribution in [0.3, 0.4) is 0 Å². The third-order valence-electron chi connectivity index (χ3n) is 6.52. The third-order valence-corrected chi connectivity index (χ3v) is 6.52. The highest BCUT2D eigenvalue weighted by Crippen LogP contribution is 2.34. The molecule has 0 aliphatic carbocycles. The summed E-state index contributed by atoms with van der Waals surface area (Å²) in [4.78, 5) is 25.7. The van der Waals surface area contributed by atoms with Crippen molar-refractivity contribution in [3.05, 3.63) is 54.4 Å². The van der Waals surface area contributed by atoms with Gasteiger partial charge in [0.1, 0.15) is 18.0 Å². The molecular formula is C22H25FN6O. The molecule has 5 heterocycles. The fourth-order valence-electron chi connectivity index (χ4n) is 4.88. The molecule has 0 N–H and O–H groups in total. The highest BCUT2D eigenvalue weighted by Gasteiger charge is 2.42. The van der Waals surface area contributed by atoms with Crippen molar-refractivity contribution < 1.29 is 9.18 Å². The normalized spacial score (nSPS) is 22.5. The molecule has 3 aromatic heterocycles. The number of halogens is 1. The summed E-state index contributed by atoms with van der Waals surface area (Å²) in [6.07, 6.45) is 7.41. The molecule has 5 rings (SSSR count). The number of hydrogen-bond acceptors (Lipinski definition) is 5. The molecule has 3 aromatic rings. The minimum atomic E-state index is -0.329. The van der Waals surface area contributed by atoms with E-state index in [-0.39, 0.29) is 23.7 Å². The Morgan fingerprint density at radius 3 is 2.97 bits per heavy atom. The van der Waals surface area contributed by atoms with Gasteiger partial charge in [-0.05, 0) is 48.9 Å². The molecule has 3 atom stereocenters. The van der Waals surface area contributed by atoms with Crippen LogP contribution < -0.4 is 4.90 Å². The number of pyridine rings is 2. The summed E-state index contributed by atoms with van der Waals surface area (Å²) in [7, 11) is 0. The Hall–Kier alpha value is -3.03. The number of rotatable bonds is 5. The van der Waals surface area contributed by atoms with Crippen LogP contribution in [0.25, 0.3) is 5.65 Å². The van der Waals surface area contributed by atoms with Crippen molar-refractivity contribution in [1.82, 2.24) is 24.5 Å². The molecule has 0 aromatic carbocycles. The molecule has 1 amide bonds. The van der Waals surface area contributed by atoms with E-state index in [2.05, 4.69) is 33.0 Å². The molecule has 1 unspecified atom stereocenters. The number of carbonyl (C=O) groups is 1. The van der Waals surface area contributed by atoms with Crippen molar-refractivity contribution in [3.8, 4) is 0 Å². The van der Waals surface area contributed by atoms with Crippen LogP contribution in [0.5, 0.6) is 0 Å². The Morgan fingerprint density at radius 2 is 2.13 bits per heavy atom. The number of amides is 1. The van der Waals surface area contributed by atoms with Crippen LogP contribution in [-0.2, 0) is 4.79 Å². The number of hydrogen-bond donors (Lipinski definition) is 0. The Labute approximate surface area is 174 Å². The number of anilines is 1. The van der Waals surface area contributed by atoms with E-state index in [0.717, 1.165) is 43.8 Å². The zero-order valence-corrected chi connectivity index (χ0v) is 17.0. The average Bonchev–Trinajstić information content (AvgIpc) is 3.36. The van der Waals surface area contributed by atoms with Gasteiger partial charge in [0.2, 0.25) is 5.91 Å². The number of aromatic nitrogens is 4. The zero-order chi connectivity index (χ0) is 20.7. The number of nitrogens with zero attached hydrogens (tertiary/aromatic N) is 6. The summed E-state index contributed by atoms with van der Waals surface area (Å²) in [6.45, 7) is 4.39. The topological polar surface area (TPSA) is 66.6 Å². The van der Waals surface area contributed by atoms with Crippen LogP contribution in [0.1, 0.15) is 37.7 Å². The van der Waals surface area contributed by atoms with Crippen molar-refractivity contribution in [2.75, 3.05) is 24.5 Å². The Balaban J connectivity index is 1.22. The fourth-order valence-corrected chi connectivity index (χ4v) is 4.88. The van der Waals surface area contributed by atoms with Gasteiger partial charge in [0.05, 0.1) is 12.2 Å². The minimum Gasteiger partial charge on any atom is -0.353 e. The van der Waals surface area contributed by atoms with Crippen LogP contribution in [0.4, 0.5) is 10.2 Å². The number of piperazine rings is 1. The van der Waals surface area contributed by atoms with Gasteiger partial charge >= 0.3 is 0 Å². The number of carbonyl (C=O) groups excluding carboxylic acids is 1. The van der Waals surface area contributed by atoms with E-state index < -0.39 is 0 Å². The fraction of sp³-hybridized carbons (Fsp3) is 0.455. The second-order valence-corrected chi connectivity index (χ2v) is 8.37. The first-order valence-electron chi connectivity index (χ1n) is 10.6. The van der Waals surface area contributed by atoms with Crippen molar-refractivity contribution in [1.29, 1.82) is 0 Å². The first-order valence-corrected chi connectivity index (χ1v) is 10.6. The Kier molecular flexibility index (Phi) is 4.84. The summed E-state index contributed by atoms with van der Waals surface area (Å²) in [5.41, 5.74) is 2.06. The molecule has 7 nitrogen and oxygen atoms in total. The summed E-state index contributed by atoms with van der Waals surface area (Å²) >= 11 is 0. The minimum absolute atomic E-state index is 0.0659. The van der Waals surface area contributed by atoms with Gasteiger partial charge in [-0.1, -0.05) is 13.0 Å². The van der Waals surface area contributed by atoms with E-state index in [1.165, 1.54) is 17.8 Å². The van der Waals surface area contributed by atoms with Gasteiger partial charge in [-0.25, -0.2) is 18.9 Å². The molecular weight excluding hydrogens is 383 g/mol. The smallest absolute Gasteiger partial charge is 0.226 e. The standard InChI is InChI=1S/C22H25FN6O/c1-15(19-3-2-8-29-21(19)25-14-26-29)4-5-16-11-18-13-27(9-10-28(18)22(16)30)20-7-6-17(23)12-24-20/h2-3,6-8,12,14-16,18H,4-5,9-11,13H2,1H3/t15?,16-,18-/m0/s1. The van der Waals surface area contributed by atoms with E-state index in [4.69, 9.17) is 0 Å². The molecule has 2 aliphatic heterocycles. The lowest BCUT2D eigenvalue weighted by molar-refractivity contribution is -0.132. The molecule has 0 saturated carbocycles. The summed E-state index contributed by atoms with van der Waals surface area (Å²) in [5.74, 6) is 1.10. The lowest BCUT2D eigenvalue weighted by atomic mass is 9.90. The van der Waals surface area contributed by atoms with Gasteiger partial charge in [0, 0.05) is 31.7 Å². The Bertz CT molecular complexity index is 1050. The first-order chi connectivity index (χ1) is 14.6. The van der Waals surface area contributed by atoms with Crippen LogP contribution in [0.15, 0.2) is 43.0 Å². The van der Waals surface area contributed by atoms with E-state index in [9.17, 15) is 9.18 Å². The highest BCUT2D eigenvalue weighted by atomic mass is 19.1. The van der Waals surface area contributed by atoms with Crippen molar-refractivity contribution in [3.63, 3.8) is 0 Å². The summed E-state index contributed by atoms with van der Waals surface area (Å²) in [5, 5.41) is 4.21. The van der Waals surface area contributed by atoms with Gasteiger partial charge < -0.3 is 9.80 Å². The monoisotopic (exact) mass is 408 g/mol. The second kappa shape index (κ2) is 7.66. The lowest BCUT2D eigenvalue weighted by Gasteiger charge is -2.38. The molecule has 2 saturated heterocycles. The van der Waals surface area contributed by atoms with Gasteiger partial charge in [-0.15, -0.1) is 0 Å². The molecule has 2 aliphatic rings. The van der Waals surface area contributed by atoms with Crippen LogP contribution in [-0.4, -0.2) is 56.1 Å². The lowest BCUT2D eigenvalue weighted by Crippen LogP contribution is -2.51. The maximum Gasteiger partial charge on any atom is 0.226 e. The molecule has 2 fully saturated rings. The van der Waals surface area contributed by atoms with E-state index >= 15 is 0 Å². The summed E-state index contributed by atoms with van der Waals surface area (Å²) in [6, 6.07) is 7.45. The van der Waals surface area contributed by atoms with Crippen LogP contribution >= 0.6 is 0 Å². The van der Waals surface area contributed by atoms with Crippen LogP contribution in [0.2, 0.25) is 0 Å². The van der Waals surface area contributed by atoms with E-state index in [0.29, 0.717) is 12.5 Å². The van der Waals surface area contributed by atoms with E-state index in [1.807, 2.05) is 17.2 Å². The van der Waals surface area contributed by atoms with Crippen LogP contribution in [0, 0.1) is 11.7 Å². The SMILES string of the molecule is CC(CC[C@H]1C[C@H]2CN(c3ccc(F)cn3)CCN2C1=O)c1cccn2ncnc12. The van der Waals surface area contributed by atoms with Gasteiger partial charge in [-0.3, -0.25) is 4.79 Å². The second-order valence-electron chi connectivity index (χ2n) is 8.37. The van der Waals surface area contributed by atoms with Gasteiger partial charge in [-0.2, -0.15) is 5.10 Å². The average molecular weight is 408 g/mol. The molecule has 0 bridgehead atoms. The predicted molar refractivity (Wildman–Crippen MR) is 111 cm³/mol. The molecule has 0 spiro atoms. The molecule has 8 heteroatoms. The quantitative estimate of drug-likeness (QED) is 0.650. The molecule has 30 heavy (non-hydrogen) atoms. The van der Waals surface area contributed by atoms with E-state index in [1.54, 1.807) is 16.9 Å². The summed E-state index contributed by atoms with van der Waals surface area (Å²) < 4.78 is 15.0. The Morgan fingerprint density at radius 1 is 1.23 bits per heavy atom. The van der Waals surface area contributed by atoms with Gasteiger partial charge in [0.15, 0.2) is 5.65 Å². The predicted octanol–water partition coefficient (Wildman–Crippen LogP) is 2.88. The van der Waals surface area contributed by atoms with Crippen molar-refractivity contribution >= 4 is 17.4 Å².